The Morgan fingerprint density at radius 3 is 2.36 bits per heavy atom. The van der Waals surface area contributed by atoms with Crippen LogP contribution in [0.3, 0.4) is 0 Å². The first-order valence-electron chi connectivity index (χ1n) is 6.53. The number of alkyl halides is 3. The number of aromatic nitrogens is 2. The molecule has 0 unspecified atom stereocenters. The second kappa shape index (κ2) is 4.98. The van der Waals surface area contributed by atoms with Gasteiger partial charge in [0.2, 0.25) is 0 Å². The van der Waals surface area contributed by atoms with E-state index in [4.69, 9.17) is 0 Å². The molecule has 3 nitrogen and oxygen atoms in total. The Hall–Kier alpha value is -2.63. The Morgan fingerprint density at radius 2 is 1.77 bits per heavy atom. The lowest BCUT2D eigenvalue weighted by Gasteiger charge is -2.06. The number of nitrogens with one attached hydrogen (secondary N) is 1. The summed E-state index contributed by atoms with van der Waals surface area (Å²) in [7, 11) is 0. The molecule has 0 saturated carbocycles. The van der Waals surface area contributed by atoms with E-state index in [1.165, 1.54) is 19.1 Å². The molecule has 0 radical (unpaired) electrons. The largest absolute Gasteiger partial charge is 0.416 e. The van der Waals surface area contributed by atoms with Gasteiger partial charge in [0.15, 0.2) is 5.78 Å². The van der Waals surface area contributed by atoms with Crippen LogP contribution in [0.15, 0.2) is 42.5 Å². The molecule has 0 fully saturated rings. The maximum atomic E-state index is 12.6. The molecule has 0 saturated heterocycles. The molecule has 22 heavy (non-hydrogen) atoms. The fourth-order valence-electron chi connectivity index (χ4n) is 2.18. The van der Waals surface area contributed by atoms with Crippen molar-refractivity contribution in [2.75, 3.05) is 0 Å². The van der Waals surface area contributed by atoms with Gasteiger partial charge in [-0.15, -0.1) is 0 Å². The molecule has 6 heteroatoms. The number of rotatable bonds is 2. The van der Waals surface area contributed by atoms with Crippen molar-refractivity contribution in [3.8, 4) is 11.4 Å². The number of hydrogen-bond donors (Lipinski definition) is 1. The Kier molecular flexibility index (Phi) is 3.24. The smallest absolute Gasteiger partial charge is 0.338 e. The molecule has 2 aromatic carbocycles. The number of halogens is 3. The molecule has 112 valence electrons. The van der Waals surface area contributed by atoms with Crippen LogP contribution in [-0.4, -0.2) is 15.8 Å². The maximum absolute atomic E-state index is 12.6. The second-order valence-corrected chi connectivity index (χ2v) is 4.95. The summed E-state index contributed by atoms with van der Waals surface area (Å²) in [6.45, 7) is 1.47. The number of aromatic amines is 1. The SMILES string of the molecule is CC(=O)c1ccc2nc(-c3ccc(C(F)(F)F)cc3)[nH]c2c1. The molecule has 3 aromatic rings. The van der Waals surface area contributed by atoms with Crippen molar-refractivity contribution in [2.24, 2.45) is 0 Å². The normalized spacial score (nSPS) is 11.8. The highest BCUT2D eigenvalue weighted by Gasteiger charge is 2.30. The van der Waals surface area contributed by atoms with Gasteiger partial charge in [0, 0.05) is 11.1 Å². The van der Waals surface area contributed by atoms with Gasteiger partial charge in [-0.05, 0) is 37.3 Å². The third-order valence-electron chi connectivity index (χ3n) is 3.37. The van der Waals surface area contributed by atoms with Gasteiger partial charge in [0.1, 0.15) is 5.82 Å². The highest BCUT2D eigenvalue weighted by molar-refractivity contribution is 5.97. The standard InChI is InChI=1S/C16H11F3N2O/c1-9(22)11-4-7-13-14(8-11)21-15(20-13)10-2-5-12(6-3-10)16(17,18)19/h2-8H,1H3,(H,20,21). The van der Waals surface area contributed by atoms with Gasteiger partial charge in [-0.25, -0.2) is 4.98 Å². The number of Topliss-reactive ketones (excluding diaryl/α,β-unsaturated/α-hetero) is 1. The van der Waals surface area contributed by atoms with Gasteiger partial charge in [0.05, 0.1) is 16.6 Å². The fraction of sp³-hybridized carbons (Fsp3) is 0.125. The Labute approximate surface area is 123 Å². The van der Waals surface area contributed by atoms with E-state index < -0.39 is 11.7 Å². The number of carbonyl (C=O) groups excluding carboxylic acids is 1. The van der Waals surface area contributed by atoms with Gasteiger partial charge < -0.3 is 4.98 Å². The molecule has 0 aliphatic heterocycles. The van der Waals surface area contributed by atoms with Crippen LogP contribution in [0.25, 0.3) is 22.4 Å². The van der Waals surface area contributed by atoms with E-state index in [1.807, 2.05) is 0 Å². The number of nitrogens with zero attached hydrogens (tertiary/aromatic N) is 1. The summed E-state index contributed by atoms with van der Waals surface area (Å²) in [5.41, 5.74) is 1.72. The highest BCUT2D eigenvalue weighted by atomic mass is 19.4. The number of carbonyl (C=O) groups is 1. The first kappa shape index (κ1) is 14.3. The van der Waals surface area contributed by atoms with Gasteiger partial charge in [-0.1, -0.05) is 12.1 Å². The summed E-state index contributed by atoms with van der Waals surface area (Å²) in [5.74, 6) is 0.400. The predicted octanol–water partition coefficient (Wildman–Crippen LogP) is 4.45. The minimum atomic E-state index is -4.36. The van der Waals surface area contributed by atoms with E-state index in [0.717, 1.165) is 12.1 Å². The second-order valence-electron chi connectivity index (χ2n) is 4.95. The van der Waals surface area contributed by atoms with Crippen molar-refractivity contribution in [3.63, 3.8) is 0 Å². The Bertz CT molecular complexity index is 848. The quantitative estimate of drug-likeness (QED) is 0.711. The topological polar surface area (TPSA) is 45.8 Å². The van der Waals surface area contributed by atoms with Crippen LogP contribution >= 0.6 is 0 Å². The first-order chi connectivity index (χ1) is 10.3. The van der Waals surface area contributed by atoms with Gasteiger partial charge in [0.25, 0.3) is 0 Å². The summed E-state index contributed by atoms with van der Waals surface area (Å²) in [4.78, 5) is 18.7. The minimum absolute atomic E-state index is 0.0624. The molecule has 1 heterocycles. The van der Waals surface area contributed by atoms with Crippen molar-refractivity contribution in [2.45, 2.75) is 13.1 Å². The van der Waals surface area contributed by atoms with E-state index in [2.05, 4.69) is 9.97 Å². The van der Waals surface area contributed by atoms with Crippen LogP contribution < -0.4 is 0 Å². The van der Waals surface area contributed by atoms with Crippen molar-refractivity contribution in [1.29, 1.82) is 0 Å². The summed E-state index contributed by atoms with van der Waals surface area (Å²) in [5, 5.41) is 0. The predicted molar refractivity (Wildman–Crippen MR) is 76.5 cm³/mol. The van der Waals surface area contributed by atoms with Crippen LogP contribution in [0.4, 0.5) is 13.2 Å². The molecule has 0 amide bonds. The number of fused-ring (bicyclic) bond motifs is 1. The van der Waals surface area contributed by atoms with Crippen LogP contribution in [-0.2, 0) is 6.18 Å². The third-order valence-corrected chi connectivity index (χ3v) is 3.37. The van der Waals surface area contributed by atoms with Crippen LogP contribution in [0, 0.1) is 0 Å². The lowest BCUT2D eigenvalue weighted by atomic mass is 10.1. The Balaban J connectivity index is 2.01. The van der Waals surface area contributed by atoms with E-state index in [9.17, 15) is 18.0 Å². The van der Waals surface area contributed by atoms with E-state index in [-0.39, 0.29) is 5.78 Å². The summed E-state index contributed by atoms with van der Waals surface area (Å²) in [6.07, 6.45) is -4.36. The van der Waals surface area contributed by atoms with E-state index >= 15 is 0 Å². The molecule has 0 atom stereocenters. The highest BCUT2D eigenvalue weighted by Crippen LogP contribution is 2.30. The van der Waals surface area contributed by atoms with Crippen molar-refractivity contribution in [1.82, 2.24) is 9.97 Å². The van der Waals surface area contributed by atoms with Crippen molar-refractivity contribution < 1.29 is 18.0 Å². The molecule has 0 aliphatic rings. The molecule has 3 rings (SSSR count). The zero-order chi connectivity index (χ0) is 15.9. The molecule has 0 spiro atoms. The fourth-order valence-corrected chi connectivity index (χ4v) is 2.18. The molecule has 0 bridgehead atoms. The number of hydrogen-bond acceptors (Lipinski definition) is 2. The molecular weight excluding hydrogens is 293 g/mol. The number of ketones is 1. The van der Waals surface area contributed by atoms with E-state index in [1.54, 1.807) is 18.2 Å². The summed E-state index contributed by atoms with van der Waals surface area (Å²) >= 11 is 0. The third kappa shape index (κ3) is 2.59. The maximum Gasteiger partial charge on any atom is 0.416 e. The lowest BCUT2D eigenvalue weighted by Crippen LogP contribution is -2.04. The zero-order valence-corrected chi connectivity index (χ0v) is 11.5. The van der Waals surface area contributed by atoms with Crippen LogP contribution in [0.2, 0.25) is 0 Å². The summed E-state index contributed by atoms with van der Waals surface area (Å²) in [6, 6.07) is 9.82. The minimum Gasteiger partial charge on any atom is -0.338 e. The first-order valence-corrected chi connectivity index (χ1v) is 6.53. The number of imidazole rings is 1. The monoisotopic (exact) mass is 304 g/mol. The van der Waals surface area contributed by atoms with Crippen molar-refractivity contribution in [3.05, 3.63) is 53.6 Å². The van der Waals surface area contributed by atoms with E-state index in [0.29, 0.717) is 28.0 Å². The van der Waals surface area contributed by atoms with Crippen molar-refractivity contribution >= 4 is 16.8 Å². The average molecular weight is 304 g/mol. The van der Waals surface area contributed by atoms with Crippen LogP contribution in [0.1, 0.15) is 22.8 Å². The van der Waals surface area contributed by atoms with Gasteiger partial charge >= 0.3 is 6.18 Å². The van der Waals surface area contributed by atoms with Gasteiger partial charge in [-0.2, -0.15) is 13.2 Å². The molecular formula is C16H11F3N2O. The Morgan fingerprint density at radius 1 is 1.09 bits per heavy atom. The molecule has 1 N–H and O–H groups in total. The molecule has 0 aliphatic carbocycles. The number of H-pyrrole nitrogens is 1. The number of benzene rings is 2. The van der Waals surface area contributed by atoms with Gasteiger partial charge in [-0.3, -0.25) is 4.79 Å². The average Bonchev–Trinajstić information content (AvgIpc) is 2.89. The summed E-state index contributed by atoms with van der Waals surface area (Å²) < 4.78 is 37.7. The van der Waals surface area contributed by atoms with Crippen LogP contribution in [0.5, 0.6) is 0 Å². The molecule has 1 aromatic heterocycles. The lowest BCUT2D eigenvalue weighted by molar-refractivity contribution is -0.137. The zero-order valence-electron chi connectivity index (χ0n) is 11.5.